The van der Waals surface area contributed by atoms with E-state index in [1.54, 1.807) is 31.7 Å². The zero-order valence-corrected chi connectivity index (χ0v) is 13.7. The summed E-state index contributed by atoms with van der Waals surface area (Å²) in [6, 6.07) is 5.35. The van der Waals surface area contributed by atoms with E-state index in [9.17, 15) is 9.59 Å². The minimum atomic E-state index is -0.142. The number of hydrogen-bond donors (Lipinski definition) is 1. The smallest absolute Gasteiger partial charge is 0.268 e. The lowest BCUT2D eigenvalue weighted by molar-refractivity contribution is -0.125. The van der Waals surface area contributed by atoms with Gasteiger partial charge in [-0.05, 0) is 30.5 Å². The van der Waals surface area contributed by atoms with Crippen LogP contribution in [0.15, 0.2) is 41.6 Å². The number of aromatic nitrogens is 3. The molecule has 3 rings (SSSR count). The summed E-state index contributed by atoms with van der Waals surface area (Å²) in [7, 11) is 1.62. The molecule has 1 amide bonds. The summed E-state index contributed by atoms with van der Waals surface area (Å²) < 4.78 is 1.30. The van der Waals surface area contributed by atoms with Gasteiger partial charge in [0.1, 0.15) is 0 Å². The Hall–Kier alpha value is -2.70. The van der Waals surface area contributed by atoms with Crippen molar-refractivity contribution in [3.8, 4) is 0 Å². The third-order valence-corrected chi connectivity index (χ3v) is 4.33. The summed E-state index contributed by atoms with van der Waals surface area (Å²) in [6.45, 7) is 1.95. The van der Waals surface area contributed by atoms with Gasteiger partial charge < -0.3 is 10.2 Å². The van der Waals surface area contributed by atoms with Crippen LogP contribution in [-0.2, 0) is 18.4 Å². The van der Waals surface area contributed by atoms with E-state index in [0.29, 0.717) is 13.1 Å². The topological polar surface area (TPSA) is 80.1 Å². The highest BCUT2D eigenvalue weighted by Gasteiger charge is 2.26. The fourth-order valence-electron chi connectivity index (χ4n) is 2.89. The van der Waals surface area contributed by atoms with E-state index in [1.165, 1.54) is 4.68 Å². The van der Waals surface area contributed by atoms with Gasteiger partial charge in [-0.3, -0.25) is 14.6 Å². The van der Waals surface area contributed by atoms with Crippen LogP contribution >= 0.6 is 0 Å². The lowest BCUT2D eigenvalue weighted by Crippen LogP contribution is -2.43. The summed E-state index contributed by atoms with van der Waals surface area (Å²) in [6.07, 6.45) is 6.89. The van der Waals surface area contributed by atoms with E-state index >= 15 is 0 Å². The van der Waals surface area contributed by atoms with E-state index in [4.69, 9.17) is 0 Å². The van der Waals surface area contributed by atoms with Crippen molar-refractivity contribution in [2.45, 2.75) is 19.4 Å². The molecule has 1 aliphatic rings. The molecule has 1 atom stereocenters. The van der Waals surface area contributed by atoms with Crippen molar-refractivity contribution in [2.75, 3.05) is 18.0 Å². The third kappa shape index (κ3) is 3.79. The predicted octanol–water partition coefficient (Wildman–Crippen LogP) is 0.708. The number of rotatable bonds is 4. The third-order valence-electron chi connectivity index (χ3n) is 4.33. The van der Waals surface area contributed by atoms with Gasteiger partial charge in [-0.2, -0.15) is 5.10 Å². The Balaban J connectivity index is 1.61. The summed E-state index contributed by atoms with van der Waals surface area (Å²) in [4.78, 5) is 30.2. The van der Waals surface area contributed by atoms with Gasteiger partial charge in [0.05, 0.1) is 17.8 Å². The van der Waals surface area contributed by atoms with Crippen LogP contribution in [0.3, 0.4) is 0 Å². The monoisotopic (exact) mass is 327 g/mol. The molecule has 0 saturated carbocycles. The number of carbonyl (C=O) groups is 1. The van der Waals surface area contributed by atoms with Crippen molar-refractivity contribution in [2.24, 2.45) is 13.0 Å². The van der Waals surface area contributed by atoms with E-state index in [1.807, 2.05) is 12.1 Å². The largest absolute Gasteiger partial charge is 0.369 e. The van der Waals surface area contributed by atoms with Crippen LogP contribution in [0.4, 0.5) is 5.69 Å². The molecule has 0 bridgehead atoms. The summed E-state index contributed by atoms with van der Waals surface area (Å²) in [5.74, 6) is -0.0297. The summed E-state index contributed by atoms with van der Waals surface area (Å²) in [5, 5.41) is 7.04. The van der Waals surface area contributed by atoms with Crippen molar-refractivity contribution >= 4 is 11.6 Å². The van der Waals surface area contributed by atoms with Crippen molar-refractivity contribution in [3.63, 3.8) is 0 Å². The number of nitrogens with zero attached hydrogens (tertiary/aromatic N) is 4. The van der Waals surface area contributed by atoms with Crippen molar-refractivity contribution in [1.82, 2.24) is 20.1 Å². The Kier molecular flexibility index (Phi) is 4.88. The molecule has 3 heterocycles. The molecule has 126 valence electrons. The predicted molar refractivity (Wildman–Crippen MR) is 90.5 cm³/mol. The van der Waals surface area contributed by atoms with Gasteiger partial charge in [-0.25, -0.2) is 4.68 Å². The highest BCUT2D eigenvalue weighted by atomic mass is 16.2. The average Bonchev–Trinajstić information content (AvgIpc) is 2.63. The lowest BCUT2D eigenvalue weighted by atomic mass is 9.96. The second-order valence-corrected chi connectivity index (χ2v) is 6.03. The number of hydrogen-bond acceptors (Lipinski definition) is 5. The first-order valence-corrected chi connectivity index (χ1v) is 8.08. The van der Waals surface area contributed by atoms with Gasteiger partial charge in [0.25, 0.3) is 5.56 Å². The summed E-state index contributed by atoms with van der Waals surface area (Å²) in [5.41, 5.74) is 1.67. The maximum absolute atomic E-state index is 12.4. The maximum atomic E-state index is 12.4. The molecule has 7 heteroatoms. The second-order valence-electron chi connectivity index (χ2n) is 6.03. The molecule has 1 N–H and O–H groups in total. The fourth-order valence-corrected chi connectivity index (χ4v) is 2.89. The Morgan fingerprint density at radius 2 is 2.17 bits per heavy atom. The van der Waals surface area contributed by atoms with Gasteiger partial charge >= 0.3 is 0 Å². The molecule has 0 aliphatic carbocycles. The Labute approximate surface area is 140 Å². The molecule has 1 aliphatic heterocycles. The summed E-state index contributed by atoms with van der Waals surface area (Å²) >= 11 is 0. The standard InChI is InChI=1S/C17H21N5O2/c1-21-16(23)9-15(11-20-21)22-8-2-3-14(12-22)17(24)19-10-13-4-6-18-7-5-13/h4-7,9,11,14H,2-3,8,10,12H2,1H3,(H,19,24)/t14-/m1/s1. The molecule has 24 heavy (non-hydrogen) atoms. The number of pyridine rings is 1. The van der Waals surface area contributed by atoms with Crippen LogP contribution < -0.4 is 15.8 Å². The molecular weight excluding hydrogens is 306 g/mol. The molecule has 0 spiro atoms. The lowest BCUT2D eigenvalue weighted by Gasteiger charge is -2.33. The highest BCUT2D eigenvalue weighted by molar-refractivity contribution is 5.79. The molecule has 0 radical (unpaired) electrons. The first-order valence-electron chi connectivity index (χ1n) is 8.08. The molecule has 7 nitrogen and oxygen atoms in total. The number of nitrogens with one attached hydrogen (secondary N) is 1. The Morgan fingerprint density at radius 1 is 1.38 bits per heavy atom. The Bertz CT molecular complexity index is 759. The van der Waals surface area contributed by atoms with Crippen molar-refractivity contribution in [3.05, 3.63) is 52.7 Å². The highest BCUT2D eigenvalue weighted by Crippen LogP contribution is 2.21. The molecule has 0 aromatic carbocycles. The van der Waals surface area contributed by atoms with Crippen LogP contribution in [0.2, 0.25) is 0 Å². The normalized spacial score (nSPS) is 17.5. The molecule has 1 saturated heterocycles. The van der Waals surface area contributed by atoms with Gasteiger partial charge in [-0.1, -0.05) is 0 Å². The van der Waals surface area contributed by atoms with Gasteiger partial charge in [-0.15, -0.1) is 0 Å². The van der Waals surface area contributed by atoms with Crippen LogP contribution in [0.25, 0.3) is 0 Å². The molecule has 2 aromatic heterocycles. The van der Waals surface area contributed by atoms with Crippen molar-refractivity contribution in [1.29, 1.82) is 0 Å². The van der Waals surface area contributed by atoms with Gasteiger partial charge in [0.15, 0.2) is 0 Å². The van der Waals surface area contributed by atoms with E-state index in [2.05, 4.69) is 20.3 Å². The van der Waals surface area contributed by atoms with E-state index < -0.39 is 0 Å². The van der Waals surface area contributed by atoms with Gasteiger partial charge in [0, 0.05) is 45.1 Å². The van der Waals surface area contributed by atoms with Crippen LogP contribution in [0.5, 0.6) is 0 Å². The van der Waals surface area contributed by atoms with Crippen molar-refractivity contribution < 1.29 is 4.79 Å². The zero-order chi connectivity index (χ0) is 16.9. The number of carbonyl (C=O) groups excluding carboxylic acids is 1. The fraction of sp³-hybridized carbons (Fsp3) is 0.412. The minimum Gasteiger partial charge on any atom is -0.369 e. The van der Waals surface area contributed by atoms with E-state index in [-0.39, 0.29) is 17.4 Å². The quantitative estimate of drug-likeness (QED) is 0.894. The maximum Gasteiger partial charge on any atom is 0.268 e. The van der Waals surface area contributed by atoms with Gasteiger partial charge in [0.2, 0.25) is 5.91 Å². The molecule has 2 aromatic rings. The number of aryl methyl sites for hydroxylation is 1. The molecule has 1 fully saturated rings. The SMILES string of the molecule is Cn1ncc(N2CCC[C@@H](C(=O)NCc3ccncc3)C2)cc1=O. The van der Waals surface area contributed by atoms with E-state index in [0.717, 1.165) is 30.6 Å². The average molecular weight is 327 g/mol. The molecule has 0 unspecified atom stereocenters. The first-order chi connectivity index (χ1) is 11.6. The van der Waals surface area contributed by atoms with Crippen LogP contribution in [-0.4, -0.2) is 33.8 Å². The molecular formula is C17H21N5O2. The van der Waals surface area contributed by atoms with Crippen LogP contribution in [0.1, 0.15) is 18.4 Å². The number of amides is 1. The first kappa shape index (κ1) is 16.2. The zero-order valence-electron chi connectivity index (χ0n) is 13.7. The van der Waals surface area contributed by atoms with Crippen LogP contribution in [0, 0.1) is 5.92 Å². The second kappa shape index (κ2) is 7.25. The number of piperidine rings is 1. The minimum absolute atomic E-state index is 0.0494. The number of anilines is 1. The Morgan fingerprint density at radius 3 is 2.92 bits per heavy atom.